The second-order valence-corrected chi connectivity index (χ2v) is 8.32. The Morgan fingerprint density at radius 3 is 2.46 bits per heavy atom. The van der Waals surface area contributed by atoms with Crippen LogP contribution in [0.5, 0.6) is 0 Å². The van der Waals surface area contributed by atoms with Gasteiger partial charge < -0.3 is 20.6 Å². The van der Waals surface area contributed by atoms with Crippen LogP contribution in [0.4, 0.5) is 0 Å². The van der Waals surface area contributed by atoms with Crippen LogP contribution in [0, 0.1) is 29.6 Å². The number of amides is 3. The van der Waals surface area contributed by atoms with Crippen LogP contribution in [0.1, 0.15) is 40.5 Å². The first-order valence-corrected chi connectivity index (χ1v) is 10.4. The molecule has 3 amide bonds. The van der Waals surface area contributed by atoms with Gasteiger partial charge in [0.25, 0.3) is 0 Å². The summed E-state index contributed by atoms with van der Waals surface area (Å²) >= 11 is 0. The molecule has 0 radical (unpaired) electrons. The lowest BCUT2D eigenvalue weighted by atomic mass is 9.70. The van der Waals surface area contributed by atoms with Crippen molar-refractivity contribution in [2.24, 2.45) is 29.6 Å². The van der Waals surface area contributed by atoms with Crippen LogP contribution in [0.25, 0.3) is 0 Å². The number of carbonyl (C=O) groups excluding carboxylic acids is 3. The largest absolute Gasteiger partial charge is 0.394 e. The average Bonchev–Trinajstić information content (AvgIpc) is 2.94. The summed E-state index contributed by atoms with van der Waals surface area (Å²) in [4.78, 5) is 40.7. The van der Waals surface area contributed by atoms with Gasteiger partial charge in [0, 0.05) is 19.5 Å². The lowest BCUT2D eigenvalue weighted by molar-refractivity contribution is -0.144. The minimum absolute atomic E-state index is 0.0140. The molecule has 0 saturated carbocycles. The summed E-state index contributed by atoms with van der Waals surface area (Å²) in [6.07, 6.45) is 5.68. The summed E-state index contributed by atoms with van der Waals surface area (Å²) < 4.78 is 0. The second-order valence-electron chi connectivity index (χ2n) is 8.32. The van der Waals surface area contributed by atoms with Crippen molar-refractivity contribution < 1.29 is 19.5 Å². The third kappa shape index (κ3) is 4.09. The average molecular weight is 394 g/mol. The minimum atomic E-state index is -0.704. The molecule has 1 heterocycles. The molecule has 0 aromatic rings. The Bertz CT molecular complexity index is 619. The van der Waals surface area contributed by atoms with E-state index in [1.165, 1.54) is 0 Å². The van der Waals surface area contributed by atoms with Crippen LogP contribution in [-0.4, -0.2) is 60.0 Å². The fourth-order valence-corrected chi connectivity index (χ4v) is 4.58. The van der Waals surface area contributed by atoms with E-state index in [9.17, 15) is 19.5 Å². The van der Waals surface area contributed by atoms with Gasteiger partial charge in [-0.1, -0.05) is 46.3 Å². The van der Waals surface area contributed by atoms with E-state index in [1.54, 1.807) is 11.9 Å². The molecule has 1 fully saturated rings. The molecule has 0 bridgehead atoms. The molecule has 3 N–H and O–H groups in total. The second kappa shape index (κ2) is 9.54. The van der Waals surface area contributed by atoms with E-state index >= 15 is 0 Å². The highest BCUT2D eigenvalue weighted by molar-refractivity contribution is 5.97. The first-order chi connectivity index (χ1) is 13.3. The molecule has 158 valence electrons. The number of nitrogens with zero attached hydrogens (tertiary/aromatic N) is 1. The lowest BCUT2D eigenvalue weighted by Gasteiger charge is -2.35. The Kier molecular flexibility index (Phi) is 7.63. The first kappa shape index (κ1) is 22.4. The van der Waals surface area contributed by atoms with Crippen molar-refractivity contribution in [3.63, 3.8) is 0 Å². The van der Waals surface area contributed by atoms with Crippen LogP contribution in [0.15, 0.2) is 12.2 Å². The standard InChI is InChI=1S/C21H35N3O4/c1-6-7-10-23-20(27)18-14-9-8-13(4)16(19(26)22-5)17(14)21(28)24(18)15(11-25)12(2)3/h8-9,12-18,25H,6-7,10-11H2,1-5H3,(H,22,26)(H,23,27)/t13-,14+,15+,16-,17-,18+/m1/s1. The number of aliphatic hydroxyl groups is 1. The van der Waals surface area contributed by atoms with Crippen molar-refractivity contribution >= 4 is 17.7 Å². The summed E-state index contributed by atoms with van der Waals surface area (Å²) in [6.45, 7) is 8.16. The Hall–Kier alpha value is -1.89. The van der Waals surface area contributed by atoms with E-state index in [0.29, 0.717) is 6.54 Å². The molecular weight excluding hydrogens is 358 g/mol. The van der Waals surface area contributed by atoms with Gasteiger partial charge in [-0.2, -0.15) is 0 Å². The normalized spacial score (nSPS) is 30.3. The van der Waals surface area contributed by atoms with Gasteiger partial charge >= 0.3 is 0 Å². The van der Waals surface area contributed by atoms with Gasteiger partial charge in [0.2, 0.25) is 17.7 Å². The van der Waals surface area contributed by atoms with Crippen LogP contribution in [0.2, 0.25) is 0 Å². The molecule has 6 atom stereocenters. The Morgan fingerprint density at radius 2 is 1.93 bits per heavy atom. The molecule has 1 aliphatic carbocycles. The third-order valence-corrected chi connectivity index (χ3v) is 6.17. The van der Waals surface area contributed by atoms with Crippen molar-refractivity contribution in [1.82, 2.24) is 15.5 Å². The van der Waals surface area contributed by atoms with E-state index in [2.05, 4.69) is 10.6 Å². The van der Waals surface area contributed by atoms with Crippen LogP contribution in [-0.2, 0) is 14.4 Å². The molecule has 0 aromatic carbocycles. The van der Waals surface area contributed by atoms with Crippen LogP contribution in [0.3, 0.4) is 0 Å². The zero-order chi connectivity index (χ0) is 21.0. The highest BCUT2D eigenvalue weighted by Crippen LogP contribution is 2.45. The zero-order valence-electron chi connectivity index (χ0n) is 17.6. The van der Waals surface area contributed by atoms with Gasteiger partial charge in [0.15, 0.2) is 0 Å². The molecule has 7 heteroatoms. The monoisotopic (exact) mass is 393 g/mol. The zero-order valence-corrected chi connectivity index (χ0v) is 17.6. The fourth-order valence-electron chi connectivity index (χ4n) is 4.58. The summed E-state index contributed by atoms with van der Waals surface area (Å²) in [5, 5.41) is 15.6. The molecule has 0 aromatic heterocycles. The quantitative estimate of drug-likeness (QED) is 0.422. The fraction of sp³-hybridized carbons (Fsp3) is 0.762. The van der Waals surface area contributed by atoms with Crippen molar-refractivity contribution in [3.05, 3.63) is 12.2 Å². The third-order valence-electron chi connectivity index (χ3n) is 6.17. The highest BCUT2D eigenvalue weighted by Gasteiger charge is 2.58. The van der Waals surface area contributed by atoms with E-state index < -0.39 is 23.9 Å². The molecule has 0 spiro atoms. The maximum absolute atomic E-state index is 13.5. The topological polar surface area (TPSA) is 98.7 Å². The summed E-state index contributed by atoms with van der Waals surface area (Å²) in [5.41, 5.74) is 0. The van der Waals surface area contributed by atoms with Gasteiger partial charge in [-0.25, -0.2) is 0 Å². The summed E-state index contributed by atoms with van der Waals surface area (Å²) in [6, 6.07) is -1.17. The van der Waals surface area contributed by atoms with Gasteiger partial charge in [-0.05, 0) is 18.3 Å². The van der Waals surface area contributed by atoms with E-state index in [4.69, 9.17) is 0 Å². The molecule has 7 nitrogen and oxygen atoms in total. The van der Waals surface area contributed by atoms with Gasteiger partial charge in [-0.15, -0.1) is 0 Å². The number of hydrogen-bond donors (Lipinski definition) is 3. The predicted octanol–water partition coefficient (Wildman–Crippen LogP) is 0.931. The first-order valence-electron chi connectivity index (χ1n) is 10.4. The Morgan fingerprint density at radius 1 is 1.25 bits per heavy atom. The smallest absolute Gasteiger partial charge is 0.243 e. The number of fused-ring (bicyclic) bond motifs is 1. The molecule has 28 heavy (non-hydrogen) atoms. The van der Waals surface area contributed by atoms with Crippen LogP contribution < -0.4 is 10.6 Å². The van der Waals surface area contributed by atoms with E-state index in [0.717, 1.165) is 12.8 Å². The van der Waals surface area contributed by atoms with Gasteiger partial charge in [-0.3, -0.25) is 14.4 Å². The van der Waals surface area contributed by atoms with E-state index in [1.807, 2.05) is 39.8 Å². The SMILES string of the molecule is CCCCNC(=O)[C@@H]1[C@H]2C=C[C@@H](C)[C@@H](C(=O)NC)[C@@H]2C(=O)N1[C@@H](CO)C(C)C. The van der Waals surface area contributed by atoms with Crippen molar-refractivity contribution in [2.75, 3.05) is 20.2 Å². The number of nitrogens with one attached hydrogen (secondary N) is 2. The molecule has 1 aliphatic heterocycles. The van der Waals surface area contributed by atoms with Crippen LogP contribution >= 0.6 is 0 Å². The minimum Gasteiger partial charge on any atom is -0.394 e. The molecular formula is C21H35N3O4. The number of hydrogen-bond acceptors (Lipinski definition) is 4. The number of aliphatic hydroxyl groups excluding tert-OH is 1. The number of allylic oxidation sites excluding steroid dienone is 1. The summed E-state index contributed by atoms with van der Waals surface area (Å²) in [5.74, 6) is -2.19. The van der Waals surface area contributed by atoms with Crippen molar-refractivity contribution in [2.45, 2.75) is 52.6 Å². The maximum atomic E-state index is 13.5. The maximum Gasteiger partial charge on any atom is 0.243 e. The molecule has 1 saturated heterocycles. The lowest BCUT2D eigenvalue weighted by Crippen LogP contribution is -2.54. The summed E-state index contributed by atoms with van der Waals surface area (Å²) in [7, 11) is 1.57. The number of carbonyl (C=O) groups is 3. The van der Waals surface area contributed by atoms with Gasteiger partial charge in [0.05, 0.1) is 24.5 Å². The number of rotatable bonds is 8. The highest BCUT2D eigenvalue weighted by atomic mass is 16.3. The molecule has 2 rings (SSSR count). The number of unbranched alkanes of at least 4 members (excludes halogenated alkanes) is 1. The van der Waals surface area contributed by atoms with Crippen molar-refractivity contribution in [1.29, 1.82) is 0 Å². The molecule has 0 unspecified atom stereocenters. The Balaban J connectivity index is 2.46. The predicted molar refractivity (Wildman–Crippen MR) is 107 cm³/mol. The Labute approximate surface area is 167 Å². The van der Waals surface area contributed by atoms with E-state index in [-0.39, 0.29) is 42.1 Å². The molecule has 2 aliphatic rings. The number of likely N-dealkylation sites (tertiary alicyclic amines) is 1. The van der Waals surface area contributed by atoms with Gasteiger partial charge in [0.1, 0.15) is 6.04 Å². The van der Waals surface area contributed by atoms with Crippen molar-refractivity contribution in [3.8, 4) is 0 Å².